The first-order valence-electron chi connectivity index (χ1n) is 7.72. The summed E-state index contributed by atoms with van der Waals surface area (Å²) in [6, 6.07) is 3.31. The number of likely N-dealkylation sites (N-methyl/N-ethyl adjacent to an activating group) is 1. The molecule has 122 valence electrons. The highest BCUT2D eigenvalue weighted by molar-refractivity contribution is 5.74. The van der Waals surface area contributed by atoms with Crippen LogP contribution in [0.4, 0.5) is 13.6 Å². The highest BCUT2D eigenvalue weighted by atomic mass is 19.1. The van der Waals surface area contributed by atoms with Gasteiger partial charge in [0.2, 0.25) is 0 Å². The van der Waals surface area contributed by atoms with Crippen LogP contribution in [-0.4, -0.2) is 54.6 Å². The third-order valence-corrected chi connectivity index (χ3v) is 4.05. The maximum Gasteiger partial charge on any atom is 0.317 e. The topological polar surface area (TPSA) is 35.6 Å². The summed E-state index contributed by atoms with van der Waals surface area (Å²) in [7, 11) is 0. The number of carbonyl (C=O) groups excluding carboxylic acids is 1. The van der Waals surface area contributed by atoms with E-state index in [1.807, 2.05) is 0 Å². The Morgan fingerprint density at radius 3 is 2.36 bits per heavy atom. The lowest BCUT2D eigenvalue weighted by atomic mass is 10.1. The molecule has 1 heterocycles. The molecule has 1 aliphatic rings. The summed E-state index contributed by atoms with van der Waals surface area (Å²) in [4.78, 5) is 16.2. The Bertz CT molecular complexity index is 496. The number of piperazine rings is 1. The monoisotopic (exact) mass is 311 g/mol. The highest BCUT2D eigenvalue weighted by Crippen LogP contribution is 2.14. The van der Waals surface area contributed by atoms with Crippen molar-refractivity contribution in [1.29, 1.82) is 0 Å². The molecule has 0 aromatic heterocycles. The lowest BCUT2D eigenvalue weighted by molar-refractivity contribution is 0.141. The molecular formula is C16H23F2N3O. The number of hydrogen-bond acceptors (Lipinski definition) is 2. The van der Waals surface area contributed by atoms with Crippen LogP contribution in [0.15, 0.2) is 18.2 Å². The number of nitrogens with zero attached hydrogens (tertiary/aromatic N) is 2. The summed E-state index contributed by atoms with van der Waals surface area (Å²) in [5, 5.41) is 2.82. The van der Waals surface area contributed by atoms with Crippen molar-refractivity contribution in [1.82, 2.24) is 15.1 Å². The van der Waals surface area contributed by atoms with Crippen molar-refractivity contribution in [3.05, 3.63) is 35.4 Å². The molecular weight excluding hydrogens is 288 g/mol. The second-order valence-corrected chi connectivity index (χ2v) is 5.68. The normalized spacial score (nSPS) is 17.4. The summed E-state index contributed by atoms with van der Waals surface area (Å²) >= 11 is 0. The number of nitrogens with one attached hydrogen (secondary N) is 1. The maximum absolute atomic E-state index is 13.6. The molecule has 1 aromatic rings. The average Bonchev–Trinajstić information content (AvgIpc) is 2.51. The standard InChI is InChI=1S/C16H23F2N3O/c1-3-20-7-9-21(10-8-20)16(22)19-12(2)11-13-14(17)5-4-6-15(13)18/h4-6,12H,3,7-11H2,1-2H3,(H,19,22). The highest BCUT2D eigenvalue weighted by Gasteiger charge is 2.22. The Balaban J connectivity index is 1.87. The van der Waals surface area contributed by atoms with E-state index in [4.69, 9.17) is 0 Å². The van der Waals surface area contributed by atoms with Gasteiger partial charge in [0.05, 0.1) is 0 Å². The second-order valence-electron chi connectivity index (χ2n) is 5.68. The lowest BCUT2D eigenvalue weighted by Crippen LogP contribution is -2.53. The molecule has 2 amide bonds. The minimum absolute atomic E-state index is 0.0195. The first-order valence-corrected chi connectivity index (χ1v) is 7.72. The fraction of sp³-hybridized carbons (Fsp3) is 0.562. The van der Waals surface area contributed by atoms with Crippen LogP contribution in [0.5, 0.6) is 0 Å². The van der Waals surface area contributed by atoms with E-state index in [1.165, 1.54) is 18.2 Å². The zero-order valence-corrected chi connectivity index (χ0v) is 13.1. The van der Waals surface area contributed by atoms with Gasteiger partial charge in [-0.05, 0) is 32.0 Å². The van der Waals surface area contributed by atoms with Crippen molar-refractivity contribution >= 4 is 6.03 Å². The first kappa shape index (κ1) is 16.7. The Morgan fingerprint density at radius 1 is 1.23 bits per heavy atom. The summed E-state index contributed by atoms with van der Waals surface area (Å²) in [5.74, 6) is -1.14. The van der Waals surface area contributed by atoms with Crippen LogP contribution in [-0.2, 0) is 6.42 Å². The van der Waals surface area contributed by atoms with Crippen molar-refractivity contribution in [2.75, 3.05) is 32.7 Å². The van der Waals surface area contributed by atoms with E-state index in [9.17, 15) is 13.6 Å². The predicted octanol–water partition coefficient (Wildman–Crippen LogP) is 2.24. The third-order valence-electron chi connectivity index (χ3n) is 4.05. The summed E-state index contributed by atoms with van der Waals surface area (Å²) < 4.78 is 27.2. The van der Waals surface area contributed by atoms with Gasteiger partial charge in [-0.1, -0.05) is 13.0 Å². The van der Waals surface area contributed by atoms with Gasteiger partial charge in [0.25, 0.3) is 0 Å². The van der Waals surface area contributed by atoms with Crippen LogP contribution in [0.25, 0.3) is 0 Å². The van der Waals surface area contributed by atoms with Gasteiger partial charge < -0.3 is 15.1 Å². The van der Waals surface area contributed by atoms with Gasteiger partial charge in [0.1, 0.15) is 11.6 Å². The van der Waals surface area contributed by atoms with Crippen molar-refractivity contribution in [2.24, 2.45) is 0 Å². The second kappa shape index (κ2) is 7.54. The molecule has 0 aliphatic carbocycles. The molecule has 1 unspecified atom stereocenters. The number of halogens is 2. The van der Waals surface area contributed by atoms with E-state index in [1.54, 1.807) is 11.8 Å². The Hall–Kier alpha value is -1.69. The zero-order valence-electron chi connectivity index (χ0n) is 13.1. The van der Waals surface area contributed by atoms with Gasteiger partial charge in [0, 0.05) is 37.8 Å². The van der Waals surface area contributed by atoms with Gasteiger partial charge in [-0.2, -0.15) is 0 Å². The number of benzene rings is 1. The smallest absolute Gasteiger partial charge is 0.317 e. The van der Waals surface area contributed by atoms with Crippen LogP contribution in [0.2, 0.25) is 0 Å². The molecule has 1 atom stereocenters. The largest absolute Gasteiger partial charge is 0.335 e. The molecule has 1 fully saturated rings. The van der Waals surface area contributed by atoms with E-state index in [-0.39, 0.29) is 24.1 Å². The molecule has 22 heavy (non-hydrogen) atoms. The van der Waals surface area contributed by atoms with Crippen LogP contribution in [0, 0.1) is 11.6 Å². The van der Waals surface area contributed by atoms with Gasteiger partial charge in [-0.25, -0.2) is 13.6 Å². The van der Waals surface area contributed by atoms with Gasteiger partial charge in [-0.3, -0.25) is 0 Å². The van der Waals surface area contributed by atoms with Crippen molar-refractivity contribution in [2.45, 2.75) is 26.3 Å². The summed E-state index contributed by atoms with van der Waals surface area (Å²) in [6.45, 7) is 7.92. The third kappa shape index (κ3) is 4.16. The van der Waals surface area contributed by atoms with Crippen LogP contribution < -0.4 is 5.32 Å². The molecule has 1 N–H and O–H groups in total. The SMILES string of the molecule is CCN1CCN(C(=O)NC(C)Cc2c(F)cccc2F)CC1. The molecule has 2 rings (SSSR count). The number of hydrogen-bond donors (Lipinski definition) is 1. The molecule has 0 radical (unpaired) electrons. The average molecular weight is 311 g/mol. The van der Waals surface area contributed by atoms with Crippen molar-refractivity contribution < 1.29 is 13.6 Å². The number of amides is 2. The minimum Gasteiger partial charge on any atom is -0.335 e. The molecule has 1 aromatic carbocycles. The van der Waals surface area contributed by atoms with E-state index in [0.29, 0.717) is 13.1 Å². The van der Waals surface area contributed by atoms with Gasteiger partial charge >= 0.3 is 6.03 Å². The molecule has 6 heteroatoms. The predicted molar refractivity (Wildman–Crippen MR) is 81.7 cm³/mol. The summed E-state index contributed by atoms with van der Waals surface area (Å²) in [6.07, 6.45) is 0.138. The number of rotatable bonds is 4. The zero-order chi connectivity index (χ0) is 16.1. The Kier molecular flexibility index (Phi) is 5.71. The maximum atomic E-state index is 13.6. The minimum atomic E-state index is -0.572. The molecule has 1 saturated heterocycles. The van der Waals surface area contributed by atoms with Gasteiger partial charge in [-0.15, -0.1) is 0 Å². The quantitative estimate of drug-likeness (QED) is 0.926. The van der Waals surface area contributed by atoms with Crippen LogP contribution >= 0.6 is 0 Å². The molecule has 0 bridgehead atoms. The first-order chi connectivity index (χ1) is 10.5. The molecule has 4 nitrogen and oxygen atoms in total. The van der Waals surface area contributed by atoms with Crippen molar-refractivity contribution in [3.63, 3.8) is 0 Å². The molecule has 0 spiro atoms. The summed E-state index contributed by atoms with van der Waals surface area (Å²) in [5.41, 5.74) is 0.0195. The lowest BCUT2D eigenvalue weighted by Gasteiger charge is -2.34. The van der Waals surface area contributed by atoms with E-state index < -0.39 is 11.6 Å². The van der Waals surface area contributed by atoms with E-state index >= 15 is 0 Å². The number of carbonyl (C=O) groups is 1. The Labute approximate surface area is 130 Å². The van der Waals surface area contributed by atoms with E-state index in [0.717, 1.165) is 19.6 Å². The van der Waals surface area contributed by atoms with Gasteiger partial charge in [0.15, 0.2) is 0 Å². The number of urea groups is 1. The van der Waals surface area contributed by atoms with E-state index in [2.05, 4.69) is 17.1 Å². The van der Waals surface area contributed by atoms with Crippen molar-refractivity contribution in [3.8, 4) is 0 Å². The fourth-order valence-electron chi connectivity index (χ4n) is 2.65. The van der Waals surface area contributed by atoms with Crippen LogP contribution in [0.3, 0.4) is 0 Å². The Morgan fingerprint density at radius 2 is 1.82 bits per heavy atom. The molecule has 0 saturated carbocycles. The molecule has 1 aliphatic heterocycles. The van der Waals surface area contributed by atoms with Crippen LogP contribution in [0.1, 0.15) is 19.4 Å². The fourth-order valence-corrected chi connectivity index (χ4v) is 2.65.